The molecular weight excluding hydrogens is 280 g/mol. The first-order chi connectivity index (χ1) is 9.47. The molecule has 6 heteroatoms. The van der Waals surface area contributed by atoms with Crippen LogP contribution in [0.2, 0.25) is 5.15 Å². The van der Waals surface area contributed by atoms with E-state index in [-0.39, 0.29) is 23.1 Å². The van der Waals surface area contributed by atoms with Crippen LogP contribution in [0.1, 0.15) is 35.3 Å². The van der Waals surface area contributed by atoms with E-state index in [0.717, 1.165) is 12.8 Å². The molecule has 0 radical (unpaired) electrons. The lowest BCUT2D eigenvalue weighted by atomic mass is 9.89. The van der Waals surface area contributed by atoms with Crippen molar-refractivity contribution < 1.29 is 14.7 Å². The molecule has 5 nitrogen and oxygen atoms in total. The van der Waals surface area contributed by atoms with Gasteiger partial charge in [0.1, 0.15) is 5.15 Å². The van der Waals surface area contributed by atoms with Crippen LogP contribution in [0.5, 0.6) is 0 Å². The third-order valence-electron chi connectivity index (χ3n) is 4.26. The Bertz CT molecular complexity index is 570. The number of amides is 1. The third-order valence-corrected chi connectivity index (χ3v) is 4.45. The summed E-state index contributed by atoms with van der Waals surface area (Å²) in [5, 5.41) is 9.51. The van der Waals surface area contributed by atoms with Gasteiger partial charge in [0.25, 0.3) is 5.91 Å². The number of aliphatic carboxylic acids is 1. The monoisotopic (exact) mass is 294 g/mol. The number of nitrogens with zero attached hydrogens (tertiary/aromatic N) is 2. The van der Waals surface area contributed by atoms with Crippen LogP contribution >= 0.6 is 11.6 Å². The fraction of sp³-hybridized carbons (Fsp3) is 0.500. The van der Waals surface area contributed by atoms with Crippen LogP contribution < -0.4 is 0 Å². The fourth-order valence-electron chi connectivity index (χ4n) is 3.47. The molecule has 0 saturated carbocycles. The number of halogens is 1. The summed E-state index contributed by atoms with van der Waals surface area (Å²) in [6, 6.07) is 3.10. The molecule has 106 valence electrons. The smallest absolute Gasteiger partial charge is 0.308 e. The summed E-state index contributed by atoms with van der Waals surface area (Å²) in [4.78, 5) is 29.6. The maximum absolute atomic E-state index is 12.6. The molecule has 3 atom stereocenters. The Labute approximate surface area is 121 Å². The van der Waals surface area contributed by atoms with Gasteiger partial charge in [-0.2, -0.15) is 0 Å². The maximum Gasteiger partial charge on any atom is 0.308 e. The van der Waals surface area contributed by atoms with Crippen LogP contribution in [0.25, 0.3) is 0 Å². The number of rotatable bonds is 2. The molecule has 1 N–H and O–H groups in total. The van der Waals surface area contributed by atoms with Crippen LogP contribution in [-0.2, 0) is 4.79 Å². The lowest BCUT2D eigenvalue weighted by Crippen LogP contribution is -2.37. The van der Waals surface area contributed by atoms with E-state index in [4.69, 9.17) is 11.6 Å². The van der Waals surface area contributed by atoms with Gasteiger partial charge in [-0.1, -0.05) is 11.6 Å². The molecule has 20 heavy (non-hydrogen) atoms. The summed E-state index contributed by atoms with van der Waals surface area (Å²) < 4.78 is 0. The van der Waals surface area contributed by atoms with Gasteiger partial charge in [-0.05, 0) is 38.3 Å². The zero-order valence-corrected chi connectivity index (χ0v) is 11.8. The summed E-state index contributed by atoms with van der Waals surface area (Å²) >= 11 is 5.89. The molecule has 2 bridgehead atoms. The fourth-order valence-corrected chi connectivity index (χ4v) is 3.72. The zero-order chi connectivity index (χ0) is 14.4. The number of carboxylic acid groups (broad SMARTS) is 1. The minimum Gasteiger partial charge on any atom is -0.481 e. The Morgan fingerprint density at radius 2 is 2.15 bits per heavy atom. The van der Waals surface area contributed by atoms with E-state index in [9.17, 15) is 14.7 Å². The highest BCUT2D eigenvalue weighted by atomic mass is 35.5. The zero-order valence-electron chi connectivity index (χ0n) is 11.0. The third kappa shape index (κ3) is 2.06. The number of carbonyl (C=O) groups is 2. The van der Waals surface area contributed by atoms with Crippen LogP contribution in [0, 0.1) is 12.8 Å². The van der Waals surface area contributed by atoms with E-state index in [2.05, 4.69) is 4.98 Å². The quantitative estimate of drug-likeness (QED) is 0.848. The molecule has 3 heterocycles. The average molecular weight is 295 g/mol. The summed E-state index contributed by atoms with van der Waals surface area (Å²) in [7, 11) is 0. The summed E-state index contributed by atoms with van der Waals surface area (Å²) in [6.45, 7) is 1.78. The van der Waals surface area contributed by atoms with Crippen LogP contribution in [0.4, 0.5) is 0 Å². The Hall–Kier alpha value is -1.62. The number of fused-ring (bicyclic) bond motifs is 2. The Morgan fingerprint density at radius 1 is 1.40 bits per heavy atom. The van der Waals surface area contributed by atoms with E-state index >= 15 is 0 Å². The van der Waals surface area contributed by atoms with Gasteiger partial charge in [0.15, 0.2) is 0 Å². The highest BCUT2D eigenvalue weighted by molar-refractivity contribution is 6.29. The second-order valence-corrected chi connectivity index (χ2v) is 5.90. The molecule has 2 fully saturated rings. The van der Waals surface area contributed by atoms with Gasteiger partial charge >= 0.3 is 5.97 Å². The number of carboxylic acids is 1. The lowest BCUT2D eigenvalue weighted by molar-refractivity contribution is -0.142. The predicted molar refractivity (Wildman–Crippen MR) is 72.7 cm³/mol. The molecular formula is C14H15ClN2O3. The minimum atomic E-state index is -0.807. The largest absolute Gasteiger partial charge is 0.481 e. The number of carbonyl (C=O) groups excluding carboxylic acids is 1. The van der Waals surface area contributed by atoms with Gasteiger partial charge in [-0.15, -0.1) is 0 Å². The first kappa shape index (κ1) is 13.4. The SMILES string of the molecule is Cc1cc(C(=O)N2C3CCC2C(C(=O)O)C3)cc(Cl)n1. The lowest BCUT2D eigenvalue weighted by Gasteiger charge is -2.23. The molecule has 1 aromatic rings. The van der Waals surface area contributed by atoms with Crippen molar-refractivity contribution in [1.82, 2.24) is 9.88 Å². The van der Waals surface area contributed by atoms with E-state index in [0.29, 0.717) is 17.7 Å². The van der Waals surface area contributed by atoms with Crippen LogP contribution in [-0.4, -0.2) is 39.0 Å². The second kappa shape index (κ2) is 4.74. The van der Waals surface area contributed by atoms with Crippen LogP contribution in [0.3, 0.4) is 0 Å². The topological polar surface area (TPSA) is 70.5 Å². The first-order valence-corrected chi connectivity index (χ1v) is 7.05. The van der Waals surface area contributed by atoms with E-state index in [1.807, 2.05) is 0 Å². The van der Waals surface area contributed by atoms with Gasteiger partial charge in [0, 0.05) is 23.3 Å². The number of aryl methyl sites for hydroxylation is 1. The van der Waals surface area contributed by atoms with Crippen molar-refractivity contribution in [3.63, 3.8) is 0 Å². The number of aromatic nitrogens is 1. The van der Waals surface area contributed by atoms with E-state index in [1.54, 1.807) is 24.0 Å². The summed E-state index contributed by atoms with van der Waals surface area (Å²) in [5.41, 5.74) is 1.17. The second-order valence-electron chi connectivity index (χ2n) is 5.51. The number of hydrogen-bond acceptors (Lipinski definition) is 3. The maximum atomic E-state index is 12.6. The van der Waals surface area contributed by atoms with E-state index in [1.165, 1.54) is 0 Å². The molecule has 0 aliphatic carbocycles. The molecule has 0 spiro atoms. The Kier molecular flexibility index (Phi) is 3.17. The molecule has 2 aliphatic rings. The highest BCUT2D eigenvalue weighted by Crippen LogP contribution is 2.42. The van der Waals surface area contributed by atoms with Crippen molar-refractivity contribution >= 4 is 23.5 Å². The normalized spacial score (nSPS) is 27.9. The summed E-state index contributed by atoms with van der Waals surface area (Å²) in [6.07, 6.45) is 2.21. The molecule has 2 aliphatic heterocycles. The number of pyridine rings is 1. The molecule has 3 unspecified atom stereocenters. The van der Waals surface area contributed by atoms with Crippen molar-refractivity contribution in [3.05, 3.63) is 28.5 Å². The molecule has 0 aromatic carbocycles. The molecule has 1 amide bonds. The molecule has 1 aromatic heterocycles. The molecule has 2 saturated heterocycles. The van der Waals surface area contributed by atoms with Gasteiger partial charge < -0.3 is 10.0 Å². The molecule has 3 rings (SSSR count). The van der Waals surface area contributed by atoms with Gasteiger partial charge in [0.2, 0.25) is 0 Å². The number of hydrogen-bond donors (Lipinski definition) is 1. The highest BCUT2D eigenvalue weighted by Gasteiger charge is 2.51. The standard InChI is InChI=1S/C14H15ClN2O3/c1-7-4-8(5-12(15)16-7)13(18)17-9-2-3-11(17)10(6-9)14(19)20/h4-5,9-11H,2-3,6H2,1H3,(H,19,20). The Balaban J connectivity index is 1.90. The average Bonchev–Trinajstić information content (AvgIpc) is 2.94. The van der Waals surface area contributed by atoms with Gasteiger partial charge in [-0.25, -0.2) is 4.98 Å². The van der Waals surface area contributed by atoms with Gasteiger partial charge in [0.05, 0.1) is 5.92 Å². The predicted octanol–water partition coefficient (Wildman–Crippen LogP) is 2.12. The van der Waals surface area contributed by atoms with Crippen molar-refractivity contribution in [2.45, 2.75) is 38.3 Å². The van der Waals surface area contributed by atoms with Crippen molar-refractivity contribution in [2.75, 3.05) is 0 Å². The van der Waals surface area contributed by atoms with Crippen LogP contribution in [0.15, 0.2) is 12.1 Å². The van der Waals surface area contributed by atoms with Gasteiger partial charge in [-0.3, -0.25) is 9.59 Å². The van der Waals surface area contributed by atoms with E-state index < -0.39 is 11.9 Å². The minimum absolute atomic E-state index is 0.0425. The van der Waals surface area contributed by atoms with Crippen molar-refractivity contribution in [2.24, 2.45) is 5.92 Å². The first-order valence-electron chi connectivity index (χ1n) is 6.67. The summed E-state index contributed by atoms with van der Waals surface area (Å²) in [5.74, 6) is -1.37. The van der Waals surface area contributed by atoms with Crippen molar-refractivity contribution in [3.8, 4) is 0 Å². The Morgan fingerprint density at radius 3 is 2.75 bits per heavy atom. The van der Waals surface area contributed by atoms with Crippen molar-refractivity contribution in [1.29, 1.82) is 0 Å².